The highest BCUT2D eigenvalue weighted by Crippen LogP contribution is 2.25. The fourth-order valence-corrected chi connectivity index (χ4v) is 2.88. The molecular weight excluding hydrogens is 232 g/mol. The van der Waals surface area contributed by atoms with E-state index < -0.39 is 0 Å². The molecule has 0 atom stereocenters. The lowest BCUT2D eigenvalue weighted by molar-refractivity contribution is 0.589. The third-order valence-electron chi connectivity index (χ3n) is 3.88. The van der Waals surface area contributed by atoms with Gasteiger partial charge in [-0.1, -0.05) is 36.4 Å². The van der Waals surface area contributed by atoms with Crippen molar-refractivity contribution >= 4 is 21.5 Å². The Hall–Kier alpha value is -1.90. The zero-order valence-electron chi connectivity index (χ0n) is 10.7. The molecule has 1 aliphatic heterocycles. The van der Waals surface area contributed by atoms with Gasteiger partial charge in [0.25, 0.3) is 0 Å². The van der Waals surface area contributed by atoms with Crippen LogP contribution in [-0.4, -0.2) is 13.1 Å². The quantitative estimate of drug-likeness (QED) is 0.646. The molecule has 1 fully saturated rings. The minimum atomic E-state index is 0.302. The molecule has 0 unspecified atom stereocenters. The number of fused-ring (bicyclic) bond motifs is 2. The normalized spacial score (nSPS) is 16.4. The van der Waals surface area contributed by atoms with Crippen LogP contribution >= 0.6 is 0 Å². The van der Waals surface area contributed by atoms with Crippen molar-refractivity contribution in [2.75, 3.05) is 13.1 Å². The van der Waals surface area contributed by atoms with Crippen molar-refractivity contribution in [2.45, 2.75) is 6.17 Å². The molecule has 0 bridgehead atoms. The van der Waals surface area contributed by atoms with E-state index >= 15 is 0 Å². The minimum Gasteiger partial charge on any atom is -0.297 e. The van der Waals surface area contributed by atoms with Gasteiger partial charge in [-0.3, -0.25) is 10.6 Å². The molecule has 0 amide bonds. The summed E-state index contributed by atoms with van der Waals surface area (Å²) in [5, 5.41) is 12.2. The van der Waals surface area contributed by atoms with Gasteiger partial charge in [0.05, 0.1) is 6.17 Å². The highest BCUT2D eigenvalue weighted by molar-refractivity contribution is 5.98. The summed E-state index contributed by atoms with van der Waals surface area (Å²) in [7, 11) is 0. The first-order valence-electron chi connectivity index (χ1n) is 6.79. The Bertz CT molecular complexity index is 742. The zero-order chi connectivity index (χ0) is 12.7. The highest BCUT2D eigenvalue weighted by atomic mass is 15.2. The summed E-state index contributed by atoms with van der Waals surface area (Å²) in [4.78, 5) is 0. The predicted octanol–water partition coefficient (Wildman–Crippen LogP) is 3.18. The Kier molecular flexibility index (Phi) is 2.50. The fraction of sp³-hybridized carbons (Fsp3) is 0.176. The SMILES string of the molecule is c1ccc2cc3cc(C4NCCN4)ccc3cc2c1. The summed E-state index contributed by atoms with van der Waals surface area (Å²) in [6.45, 7) is 2.08. The number of rotatable bonds is 1. The van der Waals surface area contributed by atoms with Gasteiger partial charge in [-0.05, 0) is 45.3 Å². The first kappa shape index (κ1) is 11.0. The van der Waals surface area contributed by atoms with E-state index in [9.17, 15) is 0 Å². The lowest BCUT2D eigenvalue weighted by Gasteiger charge is -2.12. The molecule has 1 saturated heterocycles. The van der Waals surface area contributed by atoms with E-state index in [1.807, 2.05) is 0 Å². The molecule has 3 aromatic carbocycles. The lowest BCUT2D eigenvalue weighted by Crippen LogP contribution is -2.20. The van der Waals surface area contributed by atoms with Gasteiger partial charge in [0.1, 0.15) is 0 Å². The van der Waals surface area contributed by atoms with Crippen molar-refractivity contribution < 1.29 is 0 Å². The van der Waals surface area contributed by atoms with E-state index in [4.69, 9.17) is 0 Å². The van der Waals surface area contributed by atoms with Crippen LogP contribution in [0.25, 0.3) is 21.5 Å². The Morgan fingerprint density at radius 2 is 1.32 bits per heavy atom. The van der Waals surface area contributed by atoms with E-state index in [1.165, 1.54) is 27.1 Å². The van der Waals surface area contributed by atoms with Crippen LogP contribution in [0.2, 0.25) is 0 Å². The maximum atomic E-state index is 3.46. The Morgan fingerprint density at radius 1 is 0.684 bits per heavy atom. The van der Waals surface area contributed by atoms with Crippen molar-refractivity contribution in [1.29, 1.82) is 0 Å². The molecule has 94 valence electrons. The molecule has 0 saturated carbocycles. The Balaban J connectivity index is 1.89. The van der Waals surface area contributed by atoms with E-state index in [2.05, 4.69) is 65.2 Å². The smallest absolute Gasteiger partial charge is 0.0836 e. The second kappa shape index (κ2) is 4.34. The molecule has 1 aliphatic rings. The van der Waals surface area contributed by atoms with Crippen molar-refractivity contribution in [3.05, 3.63) is 60.2 Å². The molecule has 2 N–H and O–H groups in total. The molecule has 3 aromatic rings. The topological polar surface area (TPSA) is 24.1 Å². The Morgan fingerprint density at radius 3 is 2.05 bits per heavy atom. The summed E-state index contributed by atoms with van der Waals surface area (Å²) in [5.74, 6) is 0. The van der Waals surface area contributed by atoms with Gasteiger partial charge < -0.3 is 0 Å². The van der Waals surface area contributed by atoms with Crippen LogP contribution in [0.3, 0.4) is 0 Å². The zero-order valence-corrected chi connectivity index (χ0v) is 10.7. The van der Waals surface area contributed by atoms with Gasteiger partial charge in [0.2, 0.25) is 0 Å². The summed E-state index contributed by atoms with van der Waals surface area (Å²) in [5.41, 5.74) is 1.32. The number of hydrogen-bond acceptors (Lipinski definition) is 2. The van der Waals surface area contributed by atoms with E-state index in [0.717, 1.165) is 13.1 Å². The molecule has 2 nitrogen and oxygen atoms in total. The molecule has 0 radical (unpaired) electrons. The first-order valence-corrected chi connectivity index (χ1v) is 6.79. The van der Waals surface area contributed by atoms with Crippen LogP contribution in [0.4, 0.5) is 0 Å². The van der Waals surface area contributed by atoms with Crippen LogP contribution in [-0.2, 0) is 0 Å². The second-order valence-corrected chi connectivity index (χ2v) is 5.15. The molecular formula is C17H16N2. The first-order chi connectivity index (χ1) is 9.40. The molecule has 4 rings (SSSR count). The average Bonchev–Trinajstić information content (AvgIpc) is 2.98. The van der Waals surface area contributed by atoms with E-state index in [-0.39, 0.29) is 0 Å². The lowest BCUT2D eigenvalue weighted by atomic mass is 10.0. The van der Waals surface area contributed by atoms with E-state index in [0.29, 0.717) is 6.17 Å². The number of benzene rings is 3. The van der Waals surface area contributed by atoms with Crippen molar-refractivity contribution in [3.63, 3.8) is 0 Å². The minimum absolute atomic E-state index is 0.302. The molecule has 2 heteroatoms. The number of nitrogens with one attached hydrogen (secondary N) is 2. The van der Waals surface area contributed by atoms with Crippen LogP contribution in [0, 0.1) is 0 Å². The van der Waals surface area contributed by atoms with Gasteiger partial charge in [-0.2, -0.15) is 0 Å². The van der Waals surface area contributed by atoms with Gasteiger partial charge >= 0.3 is 0 Å². The monoisotopic (exact) mass is 248 g/mol. The Labute approximate surface area is 112 Å². The maximum Gasteiger partial charge on any atom is 0.0836 e. The highest BCUT2D eigenvalue weighted by Gasteiger charge is 2.15. The summed E-state index contributed by atoms with van der Waals surface area (Å²) in [6, 6.07) is 19.8. The van der Waals surface area contributed by atoms with Gasteiger partial charge in [-0.15, -0.1) is 0 Å². The number of hydrogen-bond donors (Lipinski definition) is 2. The fourth-order valence-electron chi connectivity index (χ4n) is 2.88. The molecule has 19 heavy (non-hydrogen) atoms. The summed E-state index contributed by atoms with van der Waals surface area (Å²) < 4.78 is 0. The third kappa shape index (κ3) is 1.89. The summed E-state index contributed by atoms with van der Waals surface area (Å²) >= 11 is 0. The maximum absolute atomic E-state index is 3.46. The van der Waals surface area contributed by atoms with Gasteiger partial charge in [0.15, 0.2) is 0 Å². The van der Waals surface area contributed by atoms with Crippen molar-refractivity contribution in [1.82, 2.24) is 10.6 Å². The molecule has 0 spiro atoms. The van der Waals surface area contributed by atoms with Crippen molar-refractivity contribution in [2.24, 2.45) is 0 Å². The van der Waals surface area contributed by atoms with Gasteiger partial charge in [-0.25, -0.2) is 0 Å². The molecule has 0 aliphatic carbocycles. The van der Waals surface area contributed by atoms with Crippen LogP contribution in [0.15, 0.2) is 54.6 Å². The van der Waals surface area contributed by atoms with Crippen LogP contribution < -0.4 is 10.6 Å². The van der Waals surface area contributed by atoms with Crippen LogP contribution in [0.5, 0.6) is 0 Å². The predicted molar refractivity (Wildman–Crippen MR) is 80.2 cm³/mol. The van der Waals surface area contributed by atoms with Crippen molar-refractivity contribution in [3.8, 4) is 0 Å². The average molecular weight is 248 g/mol. The largest absolute Gasteiger partial charge is 0.297 e. The molecule has 1 heterocycles. The standard InChI is InChI=1S/C17H16N2/c1-2-4-13-10-16-11-15(17-18-7-8-19-17)6-5-14(16)9-12(13)3-1/h1-6,9-11,17-19H,7-8H2. The second-order valence-electron chi connectivity index (χ2n) is 5.15. The third-order valence-corrected chi connectivity index (χ3v) is 3.88. The van der Waals surface area contributed by atoms with E-state index in [1.54, 1.807) is 0 Å². The van der Waals surface area contributed by atoms with Crippen LogP contribution in [0.1, 0.15) is 11.7 Å². The van der Waals surface area contributed by atoms with Gasteiger partial charge in [0, 0.05) is 13.1 Å². The molecule has 0 aromatic heterocycles. The summed E-state index contributed by atoms with van der Waals surface area (Å²) in [6.07, 6.45) is 0.302.